The molecule has 2 saturated heterocycles. The lowest BCUT2D eigenvalue weighted by Crippen LogP contribution is -2.24. The molecule has 15 heteroatoms. The Morgan fingerprint density at radius 1 is 0.477 bits per heavy atom. The molecule has 0 bridgehead atoms. The van der Waals surface area contributed by atoms with Crippen LogP contribution in [0.5, 0.6) is 0 Å². The van der Waals surface area contributed by atoms with E-state index in [1.807, 2.05) is 0 Å². The molecule has 11 nitrogen and oxygen atoms in total. The molecular formula is C50H82O11S4. The summed E-state index contributed by atoms with van der Waals surface area (Å²) in [7, 11) is 3.24. The normalized spacial score (nSPS) is 17.8. The molecule has 2 aromatic rings. The van der Waals surface area contributed by atoms with E-state index in [4.69, 9.17) is 52.7 Å². The van der Waals surface area contributed by atoms with Gasteiger partial charge in [-0.15, -0.1) is 47.0 Å². The summed E-state index contributed by atoms with van der Waals surface area (Å²) in [4.78, 5) is 16.1. The lowest BCUT2D eigenvalue weighted by molar-refractivity contribution is -0.579. The zero-order valence-corrected chi connectivity index (χ0v) is 43.8. The van der Waals surface area contributed by atoms with E-state index in [0.717, 1.165) is 121 Å². The second kappa shape index (κ2) is 36.4. The van der Waals surface area contributed by atoms with Crippen molar-refractivity contribution in [2.75, 3.05) is 92.1 Å². The van der Waals surface area contributed by atoms with Gasteiger partial charge in [0.1, 0.15) is 0 Å². The van der Waals surface area contributed by atoms with Crippen molar-refractivity contribution in [1.29, 1.82) is 0 Å². The third-order valence-corrected chi connectivity index (χ3v) is 14.8. The predicted molar refractivity (Wildman–Crippen MR) is 266 cm³/mol. The first kappa shape index (κ1) is 57.0. The van der Waals surface area contributed by atoms with E-state index in [-0.39, 0.29) is 12.6 Å². The molecule has 2 heterocycles. The third kappa shape index (κ3) is 22.4. The van der Waals surface area contributed by atoms with Gasteiger partial charge in [0, 0.05) is 71.4 Å². The van der Waals surface area contributed by atoms with Crippen molar-refractivity contribution >= 4 is 47.0 Å². The molecular weight excluding hydrogens is 905 g/mol. The van der Waals surface area contributed by atoms with E-state index < -0.39 is 12.6 Å². The number of aryl methyl sites for hydroxylation is 2. The van der Waals surface area contributed by atoms with E-state index in [9.17, 15) is 0 Å². The molecule has 2 aliphatic rings. The Hall–Kier alpha value is -0.600. The summed E-state index contributed by atoms with van der Waals surface area (Å²) in [6.45, 7) is 5.73. The fourth-order valence-electron chi connectivity index (χ4n) is 8.09. The molecule has 2 fully saturated rings. The van der Waals surface area contributed by atoms with Gasteiger partial charge in [-0.2, -0.15) is 9.78 Å². The first-order chi connectivity index (χ1) is 32.0. The van der Waals surface area contributed by atoms with Gasteiger partial charge in [-0.25, -0.2) is 0 Å². The van der Waals surface area contributed by atoms with Crippen LogP contribution in [0.4, 0.5) is 0 Å². The highest BCUT2D eigenvalue weighted by Crippen LogP contribution is 2.40. The minimum Gasteiger partial charge on any atom is -0.379 e. The Morgan fingerprint density at radius 3 is 1.18 bits per heavy atom. The number of unbranched alkanes of at least 4 members (excludes halogenated alkanes) is 10. The van der Waals surface area contributed by atoms with Crippen LogP contribution in [-0.4, -0.2) is 105 Å². The highest BCUT2D eigenvalue weighted by molar-refractivity contribution is 7.99. The smallest absolute Gasteiger partial charge is 0.222 e. The molecule has 0 amide bonds. The van der Waals surface area contributed by atoms with Crippen LogP contribution in [0, 0.1) is 0 Å². The summed E-state index contributed by atoms with van der Waals surface area (Å²) in [5.74, 6) is 0. The van der Waals surface area contributed by atoms with Crippen LogP contribution in [-0.2, 0) is 65.5 Å². The molecule has 0 spiro atoms. The van der Waals surface area contributed by atoms with E-state index in [0.29, 0.717) is 26.4 Å². The van der Waals surface area contributed by atoms with Crippen molar-refractivity contribution in [3.63, 3.8) is 0 Å². The van der Waals surface area contributed by atoms with Crippen molar-refractivity contribution < 1.29 is 52.7 Å². The van der Waals surface area contributed by atoms with Crippen molar-refractivity contribution in [1.82, 2.24) is 0 Å². The number of rotatable bonds is 38. The van der Waals surface area contributed by atoms with Gasteiger partial charge in [-0.3, -0.25) is 0 Å². The fraction of sp³-hybridized carbons (Fsp3) is 0.760. The van der Waals surface area contributed by atoms with Gasteiger partial charge in [0.25, 0.3) is 0 Å². The number of methoxy groups -OCH3 is 2. The molecule has 2 aromatic carbocycles. The van der Waals surface area contributed by atoms with Gasteiger partial charge in [-0.05, 0) is 137 Å². The maximum atomic E-state index is 5.87. The first-order valence-electron chi connectivity index (χ1n) is 24.2. The molecule has 0 saturated carbocycles. The Balaban J connectivity index is 1.14. The van der Waals surface area contributed by atoms with Crippen molar-refractivity contribution in [2.24, 2.45) is 0 Å². The van der Waals surface area contributed by atoms with Crippen LogP contribution >= 0.6 is 47.0 Å². The van der Waals surface area contributed by atoms with E-state index in [1.54, 1.807) is 61.3 Å². The average Bonchev–Trinajstić information content (AvgIpc) is 3.35. The van der Waals surface area contributed by atoms with Crippen LogP contribution in [0.25, 0.3) is 0 Å². The van der Waals surface area contributed by atoms with Crippen LogP contribution in [0.1, 0.15) is 150 Å². The van der Waals surface area contributed by atoms with Crippen LogP contribution in [0.15, 0.2) is 43.8 Å². The Kier molecular flexibility index (Phi) is 31.9. The Morgan fingerprint density at radius 2 is 0.846 bits per heavy atom. The lowest BCUT2D eigenvalue weighted by Gasteiger charge is -2.24. The van der Waals surface area contributed by atoms with Crippen molar-refractivity contribution in [2.45, 2.75) is 173 Å². The Labute approximate surface area is 409 Å². The van der Waals surface area contributed by atoms with Gasteiger partial charge in [-0.1, -0.05) is 56.4 Å². The zero-order chi connectivity index (χ0) is 46.2. The van der Waals surface area contributed by atoms with Gasteiger partial charge in [0.05, 0.1) is 26.4 Å². The molecule has 65 heavy (non-hydrogen) atoms. The highest BCUT2D eigenvalue weighted by Gasteiger charge is 2.26. The van der Waals surface area contributed by atoms with Crippen LogP contribution in [0.3, 0.4) is 0 Å². The summed E-state index contributed by atoms with van der Waals surface area (Å²) >= 11 is 6.73. The molecule has 2 aliphatic heterocycles. The monoisotopic (exact) mass is 986 g/mol. The maximum Gasteiger partial charge on any atom is 0.222 e. The quantitative estimate of drug-likeness (QED) is 0.0210. The van der Waals surface area contributed by atoms with E-state index >= 15 is 0 Å². The molecule has 0 aromatic heterocycles. The minimum atomic E-state index is -0.795. The standard InChI is InChI=1S/C50H82O11S4/c1-51-49(47-41(62-3)35-39(36-42(47)63-4)23-15-11-7-9-13-19-27-53-31-33-57-45-25-17-21-29-55-45)59-61-60-50(52-2)48-43(64-5)37-40(38-44(48)65-6)24-16-12-8-10-14-20-28-54-32-34-58-46-26-18-22-30-56-46/h35-38,45-46,49-50H,7-34H2,1-6H3. The number of hydrogen-bond donors (Lipinski definition) is 0. The molecule has 4 unspecified atom stereocenters. The zero-order valence-electron chi connectivity index (χ0n) is 40.5. The number of ether oxygens (including phenoxy) is 8. The summed E-state index contributed by atoms with van der Waals surface area (Å²) in [5, 5.41) is 5.52. The van der Waals surface area contributed by atoms with Gasteiger partial charge in [0.2, 0.25) is 12.6 Å². The molecule has 0 radical (unpaired) electrons. The average molecular weight is 987 g/mol. The predicted octanol–water partition coefficient (Wildman–Crippen LogP) is 13.3. The maximum absolute atomic E-state index is 5.87. The van der Waals surface area contributed by atoms with Crippen LogP contribution in [0.2, 0.25) is 0 Å². The summed E-state index contributed by atoms with van der Waals surface area (Å²) in [5.41, 5.74) is 4.50. The first-order valence-corrected chi connectivity index (χ1v) is 29.1. The topological polar surface area (TPSA) is 102 Å². The second-order valence-electron chi connectivity index (χ2n) is 16.5. The second-order valence-corrected chi connectivity index (χ2v) is 19.9. The number of thioether (sulfide) groups is 4. The molecule has 0 N–H and O–H groups in total. The number of benzene rings is 2. The van der Waals surface area contributed by atoms with Gasteiger partial charge in [0.15, 0.2) is 12.6 Å². The number of hydrogen-bond acceptors (Lipinski definition) is 15. The largest absolute Gasteiger partial charge is 0.379 e. The fourth-order valence-corrected chi connectivity index (χ4v) is 11.0. The van der Waals surface area contributed by atoms with Gasteiger partial charge >= 0.3 is 0 Å². The lowest BCUT2D eigenvalue weighted by atomic mass is 10.0. The van der Waals surface area contributed by atoms with Crippen molar-refractivity contribution in [3.8, 4) is 0 Å². The third-order valence-electron chi connectivity index (χ3n) is 11.7. The minimum absolute atomic E-state index is 0.0355. The summed E-state index contributed by atoms with van der Waals surface area (Å²) < 4.78 is 46.0. The highest BCUT2D eigenvalue weighted by atomic mass is 32.2. The summed E-state index contributed by atoms with van der Waals surface area (Å²) in [6.07, 6.45) is 29.6. The Bertz CT molecular complexity index is 1350. The van der Waals surface area contributed by atoms with Crippen LogP contribution < -0.4 is 0 Å². The SMILES string of the molecule is COC(OOOC(OC)c1c(SC)cc(CCCCCCCCOCCOC2CCCCO2)cc1SC)c1c(SC)cc(CCCCCCCCOCCOC2CCCCO2)cc1SC. The molecule has 372 valence electrons. The molecule has 0 aliphatic carbocycles. The van der Waals surface area contributed by atoms with Crippen molar-refractivity contribution in [3.05, 3.63) is 46.5 Å². The van der Waals surface area contributed by atoms with E-state index in [2.05, 4.69) is 49.3 Å². The summed E-state index contributed by atoms with van der Waals surface area (Å²) in [6, 6.07) is 9.04. The molecule has 4 atom stereocenters. The van der Waals surface area contributed by atoms with Gasteiger partial charge < -0.3 is 37.9 Å². The van der Waals surface area contributed by atoms with E-state index in [1.165, 1.54) is 75.3 Å². The molecule has 4 rings (SSSR count).